The fraction of sp³-hybridized carbons (Fsp3) is 0.692. The van der Waals surface area contributed by atoms with Gasteiger partial charge in [0.05, 0.1) is 6.61 Å². The Balaban J connectivity index is 2.76. The summed E-state index contributed by atoms with van der Waals surface area (Å²) in [6, 6.07) is 1.69. The van der Waals surface area contributed by atoms with Crippen molar-refractivity contribution in [3.63, 3.8) is 0 Å². The van der Waals surface area contributed by atoms with Crippen LogP contribution in [0.3, 0.4) is 0 Å². The third-order valence-electron chi connectivity index (χ3n) is 3.55. The van der Waals surface area contributed by atoms with Crippen molar-refractivity contribution in [2.24, 2.45) is 5.41 Å². The fourth-order valence-corrected chi connectivity index (χ4v) is 1.86. The molecule has 0 aliphatic rings. The molecule has 1 heterocycles. The molecule has 108 valence electrons. The van der Waals surface area contributed by atoms with Crippen LogP contribution in [0.5, 0.6) is 0 Å². The first-order chi connectivity index (χ1) is 9.09. The zero-order chi connectivity index (χ0) is 14.3. The van der Waals surface area contributed by atoms with Crippen molar-refractivity contribution in [1.29, 1.82) is 0 Å². The van der Waals surface area contributed by atoms with Crippen LogP contribution in [0.2, 0.25) is 0 Å². The molecule has 0 bridgehead atoms. The van der Waals surface area contributed by atoms with Gasteiger partial charge in [-0.05, 0) is 12.8 Å². The van der Waals surface area contributed by atoms with Crippen LogP contribution in [-0.2, 0) is 11.3 Å². The number of hydrogen-bond donors (Lipinski definition) is 3. The van der Waals surface area contributed by atoms with E-state index in [0.29, 0.717) is 30.6 Å². The van der Waals surface area contributed by atoms with Crippen LogP contribution in [0.25, 0.3) is 0 Å². The Kier molecular flexibility index (Phi) is 5.98. The Morgan fingerprint density at radius 2 is 2.05 bits per heavy atom. The van der Waals surface area contributed by atoms with Crippen molar-refractivity contribution in [2.45, 2.75) is 33.3 Å². The topological polar surface area (TPSA) is 93.3 Å². The summed E-state index contributed by atoms with van der Waals surface area (Å²) in [6.45, 7) is 5.28. The molecule has 6 nitrogen and oxygen atoms in total. The summed E-state index contributed by atoms with van der Waals surface area (Å²) in [7, 11) is 1.59. The van der Waals surface area contributed by atoms with Gasteiger partial charge in [0.25, 0.3) is 0 Å². The highest BCUT2D eigenvalue weighted by Crippen LogP contribution is 2.26. The second-order valence-electron chi connectivity index (χ2n) is 4.75. The summed E-state index contributed by atoms with van der Waals surface area (Å²) >= 11 is 0. The second-order valence-corrected chi connectivity index (χ2v) is 4.75. The standard InChI is InChI=1S/C13H24N4O2/c1-4-13(5-2,9-18)8-15-11-6-10(14)16-12(17-11)7-19-3/h6,18H,4-5,7-9H2,1-3H3,(H3,14,15,16,17). The first-order valence-electron chi connectivity index (χ1n) is 6.56. The zero-order valence-corrected chi connectivity index (χ0v) is 11.9. The van der Waals surface area contributed by atoms with Crippen LogP contribution < -0.4 is 11.1 Å². The monoisotopic (exact) mass is 268 g/mol. The van der Waals surface area contributed by atoms with Crippen molar-refractivity contribution >= 4 is 11.6 Å². The minimum atomic E-state index is -0.124. The van der Waals surface area contributed by atoms with Gasteiger partial charge in [-0.15, -0.1) is 0 Å². The van der Waals surface area contributed by atoms with Gasteiger partial charge < -0.3 is 20.9 Å². The molecule has 0 amide bonds. The average molecular weight is 268 g/mol. The van der Waals surface area contributed by atoms with Crippen molar-refractivity contribution in [2.75, 3.05) is 31.3 Å². The molecule has 0 spiro atoms. The number of nitrogen functional groups attached to an aromatic ring is 1. The van der Waals surface area contributed by atoms with Gasteiger partial charge in [0.2, 0.25) is 0 Å². The summed E-state index contributed by atoms with van der Waals surface area (Å²) in [4.78, 5) is 8.40. The van der Waals surface area contributed by atoms with E-state index in [1.165, 1.54) is 0 Å². The maximum atomic E-state index is 9.53. The van der Waals surface area contributed by atoms with Gasteiger partial charge in [-0.3, -0.25) is 0 Å². The molecule has 0 radical (unpaired) electrons. The van der Waals surface area contributed by atoms with Crippen LogP contribution in [0.1, 0.15) is 32.5 Å². The first kappa shape index (κ1) is 15.7. The molecule has 0 saturated heterocycles. The molecular weight excluding hydrogens is 244 g/mol. The molecule has 0 aliphatic heterocycles. The minimum Gasteiger partial charge on any atom is -0.396 e. The van der Waals surface area contributed by atoms with Crippen molar-refractivity contribution in [3.05, 3.63) is 11.9 Å². The van der Waals surface area contributed by atoms with E-state index in [-0.39, 0.29) is 12.0 Å². The number of aliphatic hydroxyl groups is 1. The molecule has 0 unspecified atom stereocenters. The zero-order valence-electron chi connectivity index (χ0n) is 11.9. The van der Waals surface area contributed by atoms with E-state index in [9.17, 15) is 5.11 Å². The summed E-state index contributed by atoms with van der Waals surface area (Å²) in [5.74, 6) is 1.62. The van der Waals surface area contributed by atoms with Gasteiger partial charge in [-0.2, -0.15) is 0 Å². The molecule has 0 saturated carbocycles. The minimum absolute atomic E-state index is 0.124. The maximum Gasteiger partial charge on any atom is 0.158 e. The summed E-state index contributed by atoms with van der Waals surface area (Å²) in [6.07, 6.45) is 1.80. The van der Waals surface area contributed by atoms with Crippen LogP contribution in [0, 0.1) is 5.41 Å². The lowest BCUT2D eigenvalue weighted by Crippen LogP contribution is -2.32. The van der Waals surface area contributed by atoms with Gasteiger partial charge in [0.15, 0.2) is 5.82 Å². The predicted molar refractivity (Wildman–Crippen MR) is 75.7 cm³/mol. The molecule has 19 heavy (non-hydrogen) atoms. The van der Waals surface area contributed by atoms with Gasteiger partial charge in [-0.1, -0.05) is 13.8 Å². The lowest BCUT2D eigenvalue weighted by atomic mass is 9.83. The van der Waals surface area contributed by atoms with Crippen LogP contribution >= 0.6 is 0 Å². The molecule has 0 aliphatic carbocycles. The number of methoxy groups -OCH3 is 1. The number of aliphatic hydroxyl groups excluding tert-OH is 1. The number of nitrogens with zero attached hydrogens (tertiary/aromatic N) is 2. The van der Waals surface area contributed by atoms with Crippen molar-refractivity contribution in [3.8, 4) is 0 Å². The Morgan fingerprint density at radius 3 is 2.58 bits per heavy atom. The molecule has 1 aromatic heterocycles. The largest absolute Gasteiger partial charge is 0.396 e. The Labute approximate surface area is 114 Å². The number of rotatable bonds is 8. The molecule has 6 heteroatoms. The van der Waals surface area contributed by atoms with E-state index < -0.39 is 0 Å². The fourth-order valence-electron chi connectivity index (χ4n) is 1.86. The number of nitrogens with one attached hydrogen (secondary N) is 1. The summed E-state index contributed by atoms with van der Waals surface area (Å²) in [5.41, 5.74) is 5.61. The third-order valence-corrected chi connectivity index (χ3v) is 3.55. The highest BCUT2D eigenvalue weighted by atomic mass is 16.5. The van der Waals surface area contributed by atoms with E-state index >= 15 is 0 Å². The SMILES string of the molecule is CCC(CC)(CO)CNc1cc(N)nc(COC)n1. The summed E-state index contributed by atoms with van der Waals surface area (Å²) in [5, 5.41) is 12.8. The van der Waals surface area contributed by atoms with Gasteiger partial charge in [-0.25, -0.2) is 9.97 Å². The second kappa shape index (κ2) is 7.25. The van der Waals surface area contributed by atoms with Crippen molar-refractivity contribution < 1.29 is 9.84 Å². The van der Waals surface area contributed by atoms with Gasteiger partial charge in [0.1, 0.15) is 18.2 Å². The van der Waals surface area contributed by atoms with Crippen LogP contribution in [0.15, 0.2) is 6.07 Å². The van der Waals surface area contributed by atoms with E-state index in [2.05, 4.69) is 29.1 Å². The van der Waals surface area contributed by atoms with E-state index in [4.69, 9.17) is 10.5 Å². The molecule has 0 atom stereocenters. The van der Waals surface area contributed by atoms with Crippen molar-refractivity contribution in [1.82, 2.24) is 9.97 Å². The highest BCUT2D eigenvalue weighted by Gasteiger charge is 2.25. The highest BCUT2D eigenvalue weighted by molar-refractivity contribution is 5.44. The molecular formula is C13H24N4O2. The predicted octanol–water partition coefficient (Wildman–Crippen LogP) is 1.42. The quantitative estimate of drug-likeness (QED) is 0.660. The normalized spacial score (nSPS) is 11.6. The van der Waals surface area contributed by atoms with E-state index in [0.717, 1.165) is 12.8 Å². The lowest BCUT2D eigenvalue weighted by Gasteiger charge is -2.29. The number of anilines is 2. The third kappa shape index (κ3) is 4.33. The molecule has 4 N–H and O–H groups in total. The number of aromatic nitrogens is 2. The Hall–Kier alpha value is -1.40. The van der Waals surface area contributed by atoms with Crippen LogP contribution in [-0.4, -0.2) is 35.3 Å². The van der Waals surface area contributed by atoms with Gasteiger partial charge >= 0.3 is 0 Å². The number of hydrogen-bond acceptors (Lipinski definition) is 6. The van der Waals surface area contributed by atoms with Crippen LogP contribution in [0.4, 0.5) is 11.6 Å². The maximum absolute atomic E-state index is 9.53. The van der Waals surface area contributed by atoms with Gasteiger partial charge in [0, 0.05) is 25.1 Å². The number of nitrogens with two attached hydrogens (primary N) is 1. The number of ether oxygens (including phenoxy) is 1. The molecule has 1 aromatic rings. The average Bonchev–Trinajstić information content (AvgIpc) is 2.41. The lowest BCUT2D eigenvalue weighted by molar-refractivity contribution is 0.127. The molecule has 1 rings (SSSR count). The summed E-state index contributed by atoms with van der Waals surface area (Å²) < 4.78 is 5.00. The Morgan fingerprint density at radius 1 is 1.37 bits per heavy atom. The first-order valence-corrected chi connectivity index (χ1v) is 6.56. The molecule has 0 fully saturated rings. The van der Waals surface area contributed by atoms with E-state index in [1.807, 2.05) is 0 Å². The smallest absolute Gasteiger partial charge is 0.158 e. The van der Waals surface area contributed by atoms with E-state index in [1.54, 1.807) is 13.2 Å². The molecule has 0 aromatic carbocycles. The Bertz CT molecular complexity index is 386.